The average Bonchev–Trinajstić information content (AvgIpc) is 3.52. The minimum atomic E-state index is -0.0417. The molecule has 0 bridgehead atoms. The third-order valence-electron chi connectivity index (χ3n) is 34.9. The van der Waals surface area contributed by atoms with Crippen LogP contribution < -0.4 is 0 Å². The van der Waals surface area contributed by atoms with E-state index in [0.717, 1.165) is 0 Å². The van der Waals surface area contributed by atoms with Crippen LogP contribution in [0, 0.1) is 65.0 Å². The number of ether oxygens (including phenoxy) is 2. The Hall–Kier alpha value is 0.890. The molecule has 0 amide bonds. The lowest BCUT2D eigenvalue weighted by Crippen LogP contribution is -2.68. The molecule has 7 rings (SSSR count). The molecule has 0 radical (unpaired) electrons. The lowest BCUT2D eigenvalue weighted by atomic mass is 9.57. The van der Waals surface area contributed by atoms with Crippen molar-refractivity contribution >= 4 is 35.3 Å². The van der Waals surface area contributed by atoms with Crippen LogP contribution in [0.25, 0.3) is 0 Å². The maximum Gasteiger partial charge on any atom is 0.0712 e. The zero-order chi connectivity index (χ0) is 71.7. The van der Waals surface area contributed by atoms with Crippen LogP contribution in [-0.2, 0) is 9.47 Å². The Balaban J connectivity index is 0.000000509. The van der Waals surface area contributed by atoms with E-state index in [1.54, 1.807) is 0 Å². The highest BCUT2D eigenvalue weighted by molar-refractivity contribution is 8.03. The summed E-state index contributed by atoms with van der Waals surface area (Å²) in [6, 6.07) is 0. The first-order valence-corrected chi connectivity index (χ1v) is 37.0. The van der Waals surface area contributed by atoms with E-state index in [1.165, 1.54) is 0 Å². The third-order valence-corrected chi connectivity index (χ3v) is 41.0. The van der Waals surface area contributed by atoms with Gasteiger partial charge in [0.25, 0.3) is 0 Å². The Bertz CT molecular complexity index is 2040. The smallest absolute Gasteiger partial charge is 0.0712 e. The summed E-state index contributed by atoms with van der Waals surface area (Å²) in [5.74, 6) is 0. The first-order valence-electron chi connectivity index (χ1n) is 34.6. The predicted molar refractivity (Wildman–Crippen MR) is 403 cm³/mol. The normalized spacial score (nSPS) is 33.2. The molecule has 0 spiro atoms. The number of nitrogens with zero attached hydrogens (tertiary/aromatic N) is 2. The first-order chi connectivity index (χ1) is 36.6. The lowest BCUT2D eigenvalue weighted by Gasteiger charge is -2.64. The number of hydrogen-bond acceptors (Lipinski definition) is 7. The summed E-state index contributed by atoms with van der Waals surface area (Å²) in [4.78, 5) is 5.08. The molecule has 0 aromatic rings. The zero-order valence-electron chi connectivity index (χ0n) is 69.9. The molecule has 0 saturated carbocycles. The molecule has 4 nitrogen and oxygen atoms in total. The van der Waals surface area contributed by atoms with Crippen molar-refractivity contribution < 1.29 is 9.47 Å². The van der Waals surface area contributed by atoms with Gasteiger partial charge in [-0.3, -0.25) is 9.80 Å². The van der Waals surface area contributed by atoms with Gasteiger partial charge in [-0.25, -0.2) is 0 Å². The quantitative estimate of drug-likeness (QED) is 0.238. The molecule has 0 N–H and O–H groups in total. The second kappa shape index (κ2) is 22.7. The van der Waals surface area contributed by atoms with Crippen molar-refractivity contribution in [2.24, 2.45) is 65.0 Å². The Morgan fingerprint density at radius 1 is 0.161 bits per heavy atom. The van der Waals surface area contributed by atoms with Crippen molar-refractivity contribution in [3.8, 4) is 0 Å². The van der Waals surface area contributed by atoms with Gasteiger partial charge in [0, 0.05) is 66.9 Å². The third kappa shape index (κ3) is 12.3. The van der Waals surface area contributed by atoms with Crippen molar-refractivity contribution in [2.75, 3.05) is 14.1 Å². The van der Waals surface area contributed by atoms with Gasteiger partial charge < -0.3 is 9.47 Å². The lowest BCUT2D eigenvalue weighted by molar-refractivity contribution is -0.339. The molecule has 0 aromatic heterocycles. The van der Waals surface area contributed by atoms with Crippen molar-refractivity contribution in [3.63, 3.8) is 0 Å². The van der Waals surface area contributed by atoms with Gasteiger partial charge in [0.05, 0.1) is 22.4 Å². The van der Waals surface area contributed by atoms with E-state index in [-0.39, 0.29) is 55.4 Å². The second-order valence-electron chi connectivity index (χ2n) is 42.5. The Morgan fingerprint density at radius 3 is 0.322 bits per heavy atom. The van der Waals surface area contributed by atoms with Crippen LogP contribution in [-0.4, -0.2) is 96.9 Å². The topological polar surface area (TPSA) is 24.9 Å². The van der Waals surface area contributed by atoms with E-state index >= 15 is 0 Å². The van der Waals surface area contributed by atoms with E-state index in [2.05, 4.69) is 419 Å². The van der Waals surface area contributed by atoms with Crippen LogP contribution in [0.2, 0.25) is 0 Å². The maximum absolute atomic E-state index is 6.17. The highest BCUT2D eigenvalue weighted by Crippen LogP contribution is 2.72. The monoisotopic (exact) mass is 1280 g/mol. The number of hydrogen-bond donors (Lipinski definition) is 0. The molecule has 522 valence electrons. The standard InChI is InChI=1S/2C13H27N.C12H24O.2C12H24S.C9H18O.C9H18S/c2*1-10(2)11(3,4)13(7,8)14(9)12(10,5)6;3*1-9(2)10(3,4)12(7,8)13-11(9,5)6;2*1-7(2)8(3,4)10-9(7,5)6/h2*1-9H3;3*1-8H3;2*1-6H3. The molecule has 0 aliphatic carbocycles. The highest BCUT2D eigenvalue weighted by Gasteiger charge is 2.69. The molecule has 7 fully saturated rings. The summed E-state index contributed by atoms with van der Waals surface area (Å²) in [6.07, 6.45) is 0. The Morgan fingerprint density at radius 2 is 0.287 bits per heavy atom. The average molecular weight is 1280 g/mol. The zero-order valence-corrected chi connectivity index (χ0v) is 72.4. The molecule has 0 atom stereocenters. The van der Waals surface area contributed by atoms with Crippen LogP contribution in [0.4, 0.5) is 0 Å². The van der Waals surface area contributed by atoms with Crippen LogP contribution in [0.3, 0.4) is 0 Å². The van der Waals surface area contributed by atoms with Gasteiger partial charge in [0.1, 0.15) is 0 Å². The van der Waals surface area contributed by atoms with E-state index in [4.69, 9.17) is 9.47 Å². The summed E-state index contributed by atoms with van der Waals surface area (Å²) in [7, 11) is 4.52. The minimum absolute atomic E-state index is 0.0417. The second-order valence-corrected chi connectivity index (χ2v) is 49.2. The highest BCUT2D eigenvalue weighted by atomic mass is 32.2. The van der Waals surface area contributed by atoms with Crippen LogP contribution >= 0.6 is 35.3 Å². The van der Waals surface area contributed by atoms with Gasteiger partial charge in [0.15, 0.2) is 0 Å². The molecular weight excluding hydrogens is 1120 g/mol. The predicted octanol–water partition coefficient (Wildman–Crippen LogP) is 25.3. The molecule has 7 aliphatic rings. The van der Waals surface area contributed by atoms with Crippen molar-refractivity contribution in [1.82, 2.24) is 9.80 Å². The van der Waals surface area contributed by atoms with Crippen LogP contribution in [0.15, 0.2) is 0 Å². The fourth-order valence-corrected chi connectivity index (χ4v) is 23.2. The summed E-state index contributed by atoms with van der Waals surface area (Å²) >= 11 is 6.37. The summed E-state index contributed by atoms with van der Waals surface area (Å²) < 4.78 is 14.3. The fourth-order valence-electron chi connectivity index (χ4n) is 16.5. The number of thioether (sulfide) groups is 3. The first kappa shape index (κ1) is 85.9. The Kier molecular flexibility index (Phi) is 22.5. The SMILES string of the molecule is CC1(C)OC(C)(C)C(C)(C)C1(C)C.CC1(C)OC(C)(C)C1(C)C.CC1(C)SC(C)(C)C(C)(C)C1(C)C.CC1(C)SC(C)(C)C(C)(C)C1(C)C.CC1(C)SC(C)(C)C1(C)C.CN1C(C)(C)C(C)(C)C(C)(C)C1(C)C.CN1C(C)(C)C(C)(C)C(C)(C)C1(C)C. The molecule has 0 aromatic carbocycles. The van der Waals surface area contributed by atoms with Crippen molar-refractivity contribution in [3.05, 3.63) is 0 Å². The van der Waals surface area contributed by atoms with Gasteiger partial charge in [-0.1, -0.05) is 249 Å². The summed E-state index contributed by atoms with van der Waals surface area (Å²) in [6.45, 7) is 122. The van der Waals surface area contributed by atoms with E-state index in [0.29, 0.717) is 82.6 Å². The Labute approximate surface area is 563 Å². The molecule has 7 heteroatoms. The van der Waals surface area contributed by atoms with Crippen LogP contribution in [0.5, 0.6) is 0 Å². The van der Waals surface area contributed by atoms with Gasteiger partial charge in [0.2, 0.25) is 0 Å². The largest absolute Gasteiger partial charge is 0.369 e. The van der Waals surface area contributed by atoms with Gasteiger partial charge in [-0.2, -0.15) is 0 Å². The molecule has 0 unspecified atom stereocenters. The summed E-state index contributed by atoms with van der Waals surface area (Å²) in [5, 5.41) is 0. The minimum Gasteiger partial charge on any atom is -0.369 e. The van der Waals surface area contributed by atoms with Gasteiger partial charge in [-0.15, -0.1) is 35.3 Å². The van der Waals surface area contributed by atoms with Gasteiger partial charge >= 0.3 is 0 Å². The number of rotatable bonds is 0. The number of likely N-dealkylation sites (tertiary alicyclic amines) is 2. The van der Waals surface area contributed by atoms with Crippen molar-refractivity contribution in [1.29, 1.82) is 0 Å². The molecule has 7 saturated heterocycles. The van der Waals surface area contributed by atoms with E-state index in [1.807, 2.05) is 0 Å². The molecule has 87 heavy (non-hydrogen) atoms. The summed E-state index contributed by atoms with van der Waals surface area (Å²) in [5.41, 5.74) is 4.99. The maximum atomic E-state index is 6.17. The van der Waals surface area contributed by atoms with Gasteiger partial charge in [-0.05, 0) is 174 Å². The van der Waals surface area contributed by atoms with E-state index < -0.39 is 0 Å². The van der Waals surface area contributed by atoms with Crippen LogP contribution in [0.1, 0.15) is 360 Å². The van der Waals surface area contributed by atoms with Crippen molar-refractivity contribution in [2.45, 2.75) is 433 Å². The molecule has 7 heterocycles. The molecule has 7 aliphatic heterocycles. The van der Waals surface area contributed by atoms with E-state index in [9.17, 15) is 0 Å². The molecular formula is C80H162N2O2S3. The fraction of sp³-hybridized carbons (Fsp3) is 1.00.